The first-order valence-electron chi connectivity index (χ1n) is 5.84. The maximum Gasteiger partial charge on any atom is 0.224 e. The molecule has 1 amide bonds. The Bertz CT molecular complexity index is 599. The predicted molar refractivity (Wildman–Crippen MR) is 81.5 cm³/mol. The summed E-state index contributed by atoms with van der Waals surface area (Å²) in [6.45, 7) is 1.81. The lowest BCUT2D eigenvalue weighted by Gasteiger charge is -2.05. The van der Waals surface area contributed by atoms with Crippen LogP contribution in [0.25, 0.3) is 0 Å². The Labute approximate surface area is 130 Å². The Morgan fingerprint density at radius 2 is 1.80 bits per heavy atom. The molecule has 0 saturated heterocycles. The fourth-order valence-corrected chi connectivity index (χ4v) is 2.67. The van der Waals surface area contributed by atoms with E-state index in [9.17, 15) is 4.79 Å². The number of aromatic nitrogens is 2. The van der Waals surface area contributed by atoms with Crippen molar-refractivity contribution in [2.75, 3.05) is 5.32 Å². The fraction of sp³-hybridized carbons (Fsp3) is 0.154. The largest absolute Gasteiger partial charge is 0.326 e. The predicted octanol–water partition coefficient (Wildman–Crippen LogP) is 4.28. The normalized spacial score (nSPS) is 10.3. The number of hydrogen-bond acceptors (Lipinski definition) is 4. The SMILES string of the molecule is CCC(=O)Nc1ccc(Sc2nc(Cl)cc(Cl)n2)cc1. The molecule has 0 unspecified atom stereocenters. The van der Waals surface area contributed by atoms with E-state index in [1.807, 2.05) is 24.3 Å². The van der Waals surface area contributed by atoms with Crippen molar-refractivity contribution in [3.8, 4) is 0 Å². The number of nitrogens with zero attached hydrogens (tertiary/aromatic N) is 2. The molecule has 1 aromatic carbocycles. The second-order valence-corrected chi connectivity index (χ2v) is 5.64. The third-order valence-corrected chi connectivity index (χ3v) is 3.57. The molecular weight excluding hydrogens is 317 g/mol. The standard InChI is InChI=1S/C13H11Cl2N3OS/c1-2-12(19)16-8-3-5-9(6-4-8)20-13-17-10(14)7-11(15)18-13/h3-7H,2H2,1H3,(H,16,19). The van der Waals surface area contributed by atoms with Crippen molar-refractivity contribution in [3.63, 3.8) is 0 Å². The van der Waals surface area contributed by atoms with Crippen molar-refractivity contribution in [1.82, 2.24) is 9.97 Å². The Morgan fingerprint density at radius 3 is 2.35 bits per heavy atom. The molecule has 7 heteroatoms. The highest BCUT2D eigenvalue weighted by molar-refractivity contribution is 7.99. The van der Waals surface area contributed by atoms with Gasteiger partial charge in [-0.3, -0.25) is 4.79 Å². The van der Waals surface area contributed by atoms with Gasteiger partial charge in [-0.05, 0) is 36.0 Å². The van der Waals surface area contributed by atoms with Gasteiger partial charge in [-0.25, -0.2) is 9.97 Å². The topological polar surface area (TPSA) is 54.9 Å². The number of anilines is 1. The number of benzene rings is 1. The molecule has 1 N–H and O–H groups in total. The number of rotatable bonds is 4. The molecule has 0 aliphatic carbocycles. The van der Waals surface area contributed by atoms with Crippen molar-refractivity contribution >= 4 is 46.6 Å². The zero-order valence-electron chi connectivity index (χ0n) is 10.6. The molecular formula is C13H11Cl2N3OS. The molecule has 0 aliphatic rings. The van der Waals surface area contributed by atoms with E-state index in [0.29, 0.717) is 21.9 Å². The first-order chi connectivity index (χ1) is 9.56. The lowest BCUT2D eigenvalue weighted by molar-refractivity contribution is -0.115. The molecule has 0 fully saturated rings. The van der Waals surface area contributed by atoms with Crippen molar-refractivity contribution in [2.45, 2.75) is 23.4 Å². The van der Waals surface area contributed by atoms with Gasteiger partial charge in [-0.15, -0.1) is 0 Å². The Hall–Kier alpha value is -1.30. The molecule has 2 aromatic rings. The first-order valence-corrected chi connectivity index (χ1v) is 7.42. The minimum atomic E-state index is -0.0182. The summed E-state index contributed by atoms with van der Waals surface area (Å²) in [5.74, 6) is -0.0182. The maximum absolute atomic E-state index is 11.3. The number of amides is 1. The van der Waals surface area contributed by atoms with Gasteiger partial charge in [-0.1, -0.05) is 30.1 Å². The summed E-state index contributed by atoms with van der Waals surface area (Å²) < 4.78 is 0. The molecule has 1 heterocycles. The molecule has 4 nitrogen and oxygen atoms in total. The van der Waals surface area contributed by atoms with E-state index in [1.54, 1.807) is 6.92 Å². The van der Waals surface area contributed by atoms with Crippen LogP contribution >= 0.6 is 35.0 Å². The van der Waals surface area contributed by atoms with Crippen LogP contribution in [0.1, 0.15) is 13.3 Å². The van der Waals surface area contributed by atoms with E-state index in [2.05, 4.69) is 15.3 Å². The highest BCUT2D eigenvalue weighted by atomic mass is 35.5. The Morgan fingerprint density at radius 1 is 1.20 bits per heavy atom. The zero-order chi connectivity index (χ0) is 14.5. The van der Waals surface area contributed by atoms with E-state index in [1.165, 1.54) is 17.8 Å². The van der Waals surface area contributed by atoms with E-state index in [4.69, 9.17) is 23.2 Å². The molecule has 104 valence electrons. The second-order valence-electron chi connectivity index (χ2n) is 3.82. The first kappa shape index (κ1) is 15.1. The lowest BCUT2D eigenvalue weighted by atomic mass is 10.3. The summed E-state index contributed by atoms with van der Waals surface area (Å²) in [4.78, 5) is 20.3. The van der Waals surface area contributed by atoms with Crippen molar-refractivity contribution in [1.29, 1.82) is 0 Å². The molecule has 0 saturated carbocycles. The molecule has 1 aromatic heterocycles. The highest BCUT2D eigenvalue weighted by Crippen LogP contribution is 2.27. The van der Waals surface area contributed by atoms with Crippen LogP contribution in [0.2, 0.25) is 10.3 Å². The van der Waals surface area contributed by atoms with Crippen LogP contribution in [-0.4, -0.2) is 15.9 Å². The van der Waals surface area contributed by atoms with E-state index >= 15 is 0 Å². The maximum atomic E-state index is 11.3. The number of nitrogens with one attached hydrogen (secondary N) is 1. The van der Waals surface area contributed by atoms with Crippen LogP contribution in [-0.2, 0) is 4.79 Å². The monoisotopic (exact) mass is 327 g/mol. The molecule has 0 aliphatic heterocycles. The van der Waals surface area contributed by atoms with Gasteiger partial charge >= 0.3 is 0 Å². The molecule has 0 radical (unpaired) electrons. The van der Waals surface area contributed by atoms with Crippen LogP contribution < -0.4 is 5.32 Å². The van der Waals surface area contributed by atoms with Crippen LogP contribution in [0.4, 0.5) is 5.69 Å². The molecule has 2 rings (SSSR count). The summed E-state index contributed by atoms with van der Waals surface area (Å²) in [5, 5.41) is 3.87. The van der Waals surface area contributed by atoms with Gasteiger partial charge < -0.3 is 5.32 Å². The van der Waals surface area contributed by atoms with Gasteiger partial charge in [0.1, 0.15) is 10.3 Å². The third kappa shape index (κ3) is 4.37. The molecule has 0 spiro atoms. The van der Waals surface area contributed by atoms with Crippen molar-refractivity contribution in [3.05, 3.63) is 40.6 Å². The van der Waals surface area contributed by atoms with E-state index in [-0.39, 0.29) is 5.91 Å². The number of halogens is 2. The minimum absolute atomic E-state index is 0.0182. The van der Waals surface area contributed by atoms with Crippen molar-refractivity contribution < 1.29 is 4.79 Å². The number of carbonyl (C=O) groups is 1. The third-order valence-electron chi connectivity index (χ3n) is 2.31. The molecule has 0 bridgehead atoms. The van der Waals surface area contributed by atoms with E-state index in [0.717, 1.165) is 10.6 Å². The molecule has 0 atom stereocenters. The summed E-state index contributed by atoms with van der Waals surface area (Å²) in [7, 11) is 0. The quantitative estimate of drug-likeness (QED) is 0.672. The fourth-order valence-electron chi connectivity index (χ4n) is 1.38. The summed E-state index contributed by atoms with van der Waals surface area (Å²) in [5.41, 5.74) is 0.756. The van der Waals surface area contributed by atoms with Gasteiger partial charge in [0.15, 0.2) is 5.16 Å². The van der Waals surface area contributed by atoms with Gasteiger partial charge in [0.2, 0.25) is 5.91 Å². The zero-order valence-corrected chi connectivity index (χ0v) is 12.9. The van der Waals surface area contributed by atoms with Crippen LogP contribution in [0.3, 0.4) is 0 Å². The molecule has 20 heavy (non-hydrogen) atoms. The van der Waals surface area contributed by atoms with Gasteiger partial charge in [0, 0.05) is 23.1 Å². The summed E-state index contributed by atoms with van der Waals surface area (Å²) in [6.07, 6.45) is 0.450. The van der Waals surface area contributed by atoms with Crippen LogP contribution in [0.5, 0.6) is 0 Å². The summed E-state index contributed by atoms with van der Waals surface area (Å²) in [6, 6.07) is 8.86. The second kappa shape index (κ2) is 6.92. The smallest absolute Gasteiger partial charge is 0.224 e. The average molecular weight is 328 g/mol. The highest BCUT2D eigenvalue weighted by Gasteiger charge is 2.05. The minimum Gasteiger partial charge on any atom is -0.326 e. The number of carbonyl (C=O) groups excluding carboxylic acids is 1. The van der Waals surface area contributed by atoms with Crippen molar-refractivity contribution in [2.24, 2.45) is 0 Å². The van der Waals surface area contributed by atoms with E-state index < -0.39 is 0 Å². The van der Waals surface area contributed by atoms with Gasteiger partial charge in [0.25, 0.3) is 0 Å². The van der Waals surface area contributed by atoms with Crippen LogP contribution in [0, 0.1) is 0 Å². The Kier molecular flexibility index (Phi) is 5.23. The van der Waals surface area contributed by atoms with Crippen LogP contribution in [0.15, 0.2) is 40.4 Å². The van der Waals surface area contributed by atoms with Gasteiger partial charge in [-0.2, -0.15) is 0 Å². The number of hydrogen-bond donors (Lipinski definition) is 1. The average Bonchev–Trinajstić information content (AvgIpc) is 2.39. The van der Waals surface area contributed by atoms with Gasteiger partial charge in [0.05, 0.1) is 0 Å². The Balaban J connectivity index is 2.08. The lowest BCUT2D eigenvalue weighted by Crippen LogP contribution is -2.08. The summed E-state index contributed by atoms with van der Waals surface area (Å²) >= 11 is 13.0.